The van der Waals surface area contributed by atoms with Gasteiger partial charge in [-0.05, 0) is 36.1 Å². The van der Waals surface area contributed by atoms with Gasteiger partial charge in [0.25, 0.3) is 5.91 Å². The predicted octanol–water partition coefficient (Wildman–Crippen LogP) is 6.48. The summed E-state index contributed by atoms with van der Waals surface area (Å²) in [6.45, 7) is 6.03. The third kappa shape index (κ3) is 4.12. The van der Waals surface area contributed by atoms with Gasteiger partial charge in [0.1, 0.15) is 5.82 Å². The first-order chi connectivity index (χ1) is 13.4. The summed E-state index contributed by atoms with van der Waals surface area (Å²) in [6, 6.07) is 13.8. The number of benzene rings is 2. The fourth-order valence-corrected chi connectivity index (χ4v) is 3.61. The molecule has 0 radical (unpaired) electrons. The van der Waals surface area contributed by atoms with E-state index in [0.29, 0.717) is 28.1 Å². The summed E-state index contributed by atoms with van der Waals surface area (Å²) in [5.74, 6) is -0.473. The molecule has 1 atom stereocenters. The van der Waals surface area contributed by atoms with E-state index in [1.165, 1.54) is 6.07 Å². The van der Waals surface area contributed by atoms with Gasteiger partial charge in [-0.25, -0.2) is 4.39 Å². The van der Waals surface area contributed by atoms with Crippen LogP contribution in [0.25, 0.3) is 11.1 Å². The third-order valence-electron chi connectivity index (χ3n) is 4.84. The van der Waals surface area contributed by atoms with Gasteiger partial charge in [0.2, 0.25) is 0 Å². The monoisotopic (exact) mass is 398 g/mol. The van der Waals surface area contributed by atoms with E-state index in [1.54, 1.807) is 30.5 Å². The van der Waals surface area contributed by atoms with Crippen molar-refractivity contribution >= 4 is 17.5 Å². The highest BCUT2D eigenvalue weighted by molar-refractivity contribution is 6.30. The number of aromatic nitrogens is 1. The van der Waals surface area contributed by atoms with Crippen LogP contribution in [0, 0.1) is 5.82 Å². The lowest BCUT2D eigenvalue weighted by Crippen LogP contribution is -2.28. The minimum absolute atomic E-state index is 0.117. The smallest absolute Gasteiger partial charge is 0.253 e. The SMILES string of the molecule is CCC(NC(=O)c1c[nH]c(C(C)C)c1-c1ccccc1F)c1cccc(Cl)c1. The highest BCUT2D eigenvalue weighted by atomic mass is 35.5. The maximum Gasteiger partial charge on any atom is 0.253 e. The number of amides is 1. The highest BCUT2D eigenvalue weighted by Crippen LogP contribution is 2.34. The Hall–Kier alpha value is -2.59. The Morgan fingerprint density at radius 3 is 2.57 bits per heavy atom. The lowest BCUT2D eigenvalue weighted by Gasteiger charge is -2.18. The molecule has 28 heavy (non-hydrogen) atoms. The Bertz CT molecular complexity index is 980. The number of hydrogen-bond donors (Lipinski definition) is 2. The summed E-state index contributed by atoms with van der Waals surface area (Å²) in [6.07, 6.45) is 2.37. The largest absolute Gasteiger partial charge is 0.363 e. The summed E-state index contributed by atoms with van der Waals surface area (Å²) in [5.41, 5.74) is 3.26. The van der Waals surface area contributed by atoms with E-state index in [4.69, 9.17) is 11.6 Å². The molecule has 3 nitrogen and oxygen atoms in total. The molecule has 0 aliphatic carbocycles. The number of hydrogen-bond acceptors (Lipinski definition) is 1. The van der Waals surface area contributed by atoms with E-state index < -0.39 is 0 Å². The van der Waals surface area contributed by atoms with Gasteiger partial charge in [-0.3, -0.25) is 4.79 Å². The molecule has 3 aromatic rings. The second kappa shape index (κ2) is 8.61. The average Bonchev–Trinajstić information content (AvgIpc) is 3.11. The van der Waals surface area contributed by atoms with E-state index in [-0.39, 0.29) is 23.7 Å². The molecule has 1 amide bonds. The Kier molecular flexibility index (Phi) is 6.20. The zero-order valence-corrected chi connectivity index (χ0v) is 17.0. The number of carbonyl (C=O) groups is 1. The van der Waals surface area contributed by atoms with E-state index in [2.05, 4.69) is 10.3 Å². The Labute approximate surface area is 169 Å². The number of aromatic amines is 1. The number of nitrogens with one attached hydrogen (secondary N) is 2. The van der Waals surface area contributed by atoms with E-state index in [9.17, 15) is 9.18 Å². The quantitative estimate of drug-likeness (QED) is 0.490. The van der Waals surface area contributed by atoms with Gasteiger partial charge in [-0.1, -0.05) is 62.7 Å². The lowest BCUT2D eigenvalue weighted by molar-refractivity contribution is 0.0936. The summed E-state index contributed by atoms with van der Waals surface area (Å²) >= 11 is 6.10. The minimum Gasteiger partial charge on any atom is -0.363 e. The first-order valence-corrected chi connectivity index (χ1v) is 9.82. The van der Waals surface area contributed by atoms with Gasteiger partial charge < -0.3 is 10.3 Å². The molecule has 0 fully saturated rings. The Morgan fingerprint density at radius 2 is 1.93 bits per heavy atom. The molecule has 146 valence electrons. The molecule has 0 aliphatic heterocycles. The number of halogens is 2. The van der Waals surface area contributed by atoms with Crippen LogP contribution < -0.4 is 5.32 Å². The van der Waals surface area contributed by atoms with Gasteiger partial charge in [0.05, 0.1) is 11.6 Å². The zero-order valence-electron chi connectivity index (χ0n) is 16.2. The van der Waals surface area contributed by atoms with Crippen molar-refractivity contribution in [3.63, 3.8) is 0 Å². The first kappa shape index (κ1) is 20.2. The van der Waals surface area contributed by atoms with Crippen LogP contribution in [0.3, 0.4) is 0 Å². The van der Waals surface area contributed by atoms with Crippen molar-refractivity contribution in [2.75, 3.05) is 0 Å². The van der Waals surface area contributed by atoms with E-state index >= 15 is 0 Å². The summed E-state index contributed by atoms with van der Waals surface area (Å²) in [7, 11) is 0. The predicted molar refractivity (Wildman–Crippen MR) is 112 cm³/mol. The van der Waals surface area contributed by atoms with Crippen LogP contribution in [0.5, 0.6) is 0 Å². The molecule has 1 unspecified atom stereocenters. The molecular formula is C23H24ClFN2O. The molecule has 0 saturated carbocycles. The Morgan fingerprint density at radius 1 is 1.18 bits per heavy atom. The molecule has 1 heterocycles. The van der Waals surface area contributed by atoms with Crippen LogP contribution >= 0.6 is 11.6 Å². The summed E-state index contributed by atoms with van der Waals surface area (Å²) in [5, 5.41) is 3.69. The van der Waals surface area contributed by atoms with Gasteiger partial charge >= 0.3 is 0 Å². The van der Waals surface area contributed by atoms with Gasteiger partial charge in [-0.2, -0.15) is 0 Å². The van der Waals surface area contributed by atoms with Crippen LogP contribution in [-0.2, 0) is 0 Å². The van der Waals surface area contributed by atoms with E-state index in [1.807, 2.05) is 39.0 Å². The maximum absolute atomic E-state index is 14.5. The van der Waals surface area contributed by atoms with Crippen LogP contribution in [-0.4, -0.2) is 10.9 Å². The molecule has 2 N–H and O–H groups in total. The summed E-state index contributed by atoms with van der Waals surface area (Å²) < 4.78 is 14.5. The number of rotatable bonds is 6. The van der Waals surface area contributed by atoms with Crippen molar-refractivity contribution in [3.05, 3.63) is 82.4 Å². The van der Waals surface area contributed by atoms with Crippen molar-refractivity contribution in [1.82, 2.24) is 10.3 Å². The van der Waals surface area contributed by atoms with Crippen molar-refractivity contribution in [2.45, 2.75) is 39.2 Å². The highest BCUT2D eigenvalue weighted by Gasteiger charge is 2.24. The first-order valence-electron chi connectivity index (χ1n) is 9.44. The van der Waals surface area contributed by atoms with Crippen LogP contribution in [0.4, 0.5) is 4.39 Å². The molecule has 3 rings (SSSR count). The molecule has 0 spiro atoms. The zero-order chi connectivity index (χ0) is 20.3. The molecule has 0 saturated heterocycles. The second-order valence-corrected chi connectivity index (χ2v) is 7.55. The molecule has 5 heteroatoms. The molecule has 0 bridgehead atoms. The third-order valence-corrected chi connectivity index (χ3v) is 5.08. The van der Waals surface area contributed by atoms with Gasteiger partial charge in [-0.15, -0.1) is 0 Å². The van der Waals surface area contributed by atoms with Crippen LogP contribution in [0.15, 0.2) is 54.7 Å². The van der Waals surface area contributed by atoms with Crippen molar-refractivity contribution in [3.8, 4) is 11.1 Å². The average molecular weight is 399 g/mol. The minimum atomic E-state index is -0.347. The van der Waals surface area contributed by atoms with Crippen LogP contribution in [0.2, 0.25) is 5.02 Å². The van der Waals surface area contributed by atoms with Gasteiger partial charge in [0, 0.05) is 28.0 Å². The maximum atomic E-state index is 14.5. The molecule has 1 aromatic heterocycles. The van der Waals surface area contributed by atoms with Crippen LogP contribution in [0.1, 0.15) is 60.8 Å². The second-order valence-electron chi connectivity index (χ2n) is 7.11. The summed E-state index contributed by atoms with van der Waals surface area (Å²) in [4.78, 5) is 16.3. The molecular weight excluding hydrogens is 375 g/mol. The number of carbonyl (C=O) groups excluding carboxylic acids is 1. The topological polar surface area (TPSA) is 44.9 Å². The fourth-order valence-electron chi connectivity index (χ4n) is 3.41. The van der Waals surface area contributed by atoms with E-state index in [0.717, 1.165) is 11.3 Å². The normalized spacial score (nSPS) is 12.2. The fraction of sp³-hybridized carbons (Fsp3) is 0.261. The van der Waals surface area contributed by atoms with Crippen molar-refractivity contribution < 1.29 is 9.18 Å². The van der Waals surface area contributed by atoms with Crippen molar-refractivity contribution in [1.29, 1.82) is 0 Å². The molecule has 0 aliphatic rings. The lowest BCUT2D eigenvalue weighted by atomic mass is 9.95. The Balaban J connectivity index is 1.99. The van der Waals surface area contributed by atoms with Gasteiger partial charge in [0.15, 0.2) is 0 Å². The molecule has 2 aromatic carbocycles. The van der Waals surface area contributed by atoms with Crippen molar-refractivity contribution in [2.24, 2.45) is 0 Å². The standard InChI is InChI=1S/C23H24ClFN2O/c1-4-20(15-8-7-9-16(24)12-15)27-23(28)18-13-26-22(14(2)3)21(18)17-10-5-6-11-19(17)25/h5-14,20,26H,4H2,1-3H3,(H,27,28). The number of H-pyrrole nitrogens is 1.